The van der Waals surface area contributed by atoms with Crippen molar-refractivity contribution in [1.29, 1.82) is 0 Å². The third-order valence-corrected chi connectivity index (χ3v) is 6.24. The number of piperidine rings is 2. The van der Waals surface area contributed by atoms with E-state index in [1.807, 2.05) is 12.1 Å². The molecule has 1 amide bonds. The van der Waals surface area contributed by atoms with E-state index >= 15 is 0 Å². The van der Waals surface area contributed by atoms with Crippen molar-refractivity contribution in [1.82, 2.24) is 15.1 Å². The molecule has 2 atom stereocenters. The van der Waals surface area contributed by atoms with E-state index in [-0.39, 0.29) is 11.9 Å². The Balaban J connectivity index is 1.84. The Morgan fingerprint density at radius 2 is 2.07 bits per heavy atom. The van der Waals surface area contributed by atoms with Gasteiger partial charge in [-0.1, -0.05) is 18.2 Å². The summed E-state index contributed by atoms with van der Waals surface area (Å²) in [5, 5.41) is 12.6. The van der Waals surface area contributed by atoms with Crippen LogP contribution in [0.5, 0.6) is 0 Å². The Bertz CT molecular complexity index is 711. The van der Waals surface area contributed by atoms with Crippen LogP contribution in [-0.2, 0) is 16.1 Å². The van der Waals surface area contributed by atoms with Crippen LogP contribution in [-0.4, -0.2) is 79.8 Å². The van der Waals surface area contributed by atoms with Crippen molar-refractivity contribution < 1.29 is 19.4 Å². The number of carboxylic acid groups (broad SMARTS) is 1. The zero-order chi connectivity index (χ0) is 20.1. The van der Waals surface area contributed by atoms with Gasteiger partial charge in [0.1, 0.15) is 0 Å². The van der Waals surface area contributed by atoms with Gasteiger partial charge in [-0.25, -0.2) is 4.79 Å². The highest BCUT2D eigenvalue weighted by atomic mass is 16.5. The van der Waals surface area contributed by atoms with Crippen LogP contribution in [0.1, 0.15) is 35.2 Å². The summed E-state index contributed by atoms with van der Waals surface area (Å²) in [7, 11) is 3.72. The van der Waals surface area contributed by atoms with E-state index in [0.29, 0.717) is 25.3 Å². The molecule has 3 rings (SSSR count). The number of benzene rings is 1. The van der Waals surface area contributed by atoms with E-state index in [0.717, 1.165) is 44.5 Å². The van der Waals surface area contributed by atoms with Crippen molar-refractivity contribution in [3.05, 3.63) is 35.4 Å². The summed E-state index contributed by atoms with van der Waals surface area (Å²) in [5.41, 5.74) is 0.725. The largest absolute Gasteiger partial charge is 0.478 e. The smallest absolute Gasteiger partial charge is 0.336 e. The maximum absolute atomic E-state index is 13.2. The molecule has 2 aliphatic rings. The topological polar surface area (TPSA) is 82.1 Å². The van der Waals surface area contributed by atoms with E-state index in [1.165, 1.54) is 0 Å². The molecule has 0 saturated carbocycles. The van der Waals surface area contributed by atoms with Crippen LogP contribution in [0.15, 0.2) is 24.3 Å². The van der Waals surface area contributed by atoms with E-state index in [2.05, 4.69) is 22.2 Å². The Morgan fingerprint density at radius 3 is 2.82 bits per heavy atom. The van der Waals surface area contributed by atoms with Gasteiger partial charge in [-0.15, -0.1) is 0 Å². The number of methoxy groups -OCH3 is 1. The van der Waals surface area contributed by atoms with E-state index < -0.39 is 11.4 Å². The van der Waals surface area contributed by atoms with Gasteiger partial charge in [-0.05, 0) is 51.0 Å². The first-order chi connectivity index (χ1) is 13.5. The zero-order valence-corrected chi connectivity index (χ0v) is 16.8. The van der Waals surface area contributed by atoms with Gasteiger partial charge < -0.3 is 20.1 Å². The lowest BCUT2D eigenvalue weighted by molar-refractivity contribution is -0.145. The number of likely N-dealkylation sites (tertiary alicyclic amines) is 2. The number of likely N-dealkylation sites (N-methyl/N-ethyl adjacent to an activating group) is 1. The molecular weight excluding hydrogens is 358 g/mol. The Labute approximate surface area is 166 Å². The molecule has 2 heterocycles. The van der Waals surface area contributed by atoms with Crippen LogP contribution in [0.2, 0.25) is 0 Å². The number of hydrogen-bond donors (Lipinski definition) is 2. The molecule has 1 aromatic carbocycles. The number of aromatic carboxylic acids is 1. The fraction of sp³-hybridized carbons (Fsp3) is 0.619. The van der Waals surface area contributed by atoms with E-state index in [1.54, 1.807) is 19.2 Å². The van der Waals surface area contributed by atoms with Crippen molar-refractivity contribution in [3.8, 4) is 0 Å². The molecule has 28 heavy (non-hydrogen) atoms. The molecule has 0 radical (unpaired) electrons. The Morgan fingerprint density at radius 1 is 1.29 bits per heavy atom. The number of fused-ring (bicyclic) bond motifs is 1. The third kappa shape index (κ3) is 4.21. The van der Waals surface area contributed by atoms with Crippen molar-refractivity contribution >= 4 is 11.9 Å². The molecule has 0 unspecified atom stereocenters. The molecule has 0 spiro atoms. The first kappa shape index (κ1) is 20.8. The summed E-state index contributed by atoms with van der Waals surface area (Å²) in [4.78, 5) is 29.4. The maximum atomic E-state index is 13.2. The molecule has 2 fully saturated rings. The van der Waals surface area contributed by atoms with Gasteiger partial charge in [0.05, 0.1) is 17.6 Å². The molecule has 7 heteroatoms. The predicted octanol–water partition coefficient (Wildman–Crippen LogP) is 1.43. The average molecular weight is 389 g/mol. The number of hydrogen-bond acceptors (Lipinski definition) is 5. The van der Waals surface area contributed by atoms with Gasteiger partial charge >= 0.3 is 5.97 Å². The number of carboxylic acids is 1. The fourth-order valence-corrected chi connectivity index (χ4v) is 4.72. The molecule has 0 aliphatic carbocycles. The second-order valence-corrected chi connectivity index (χ2v) is 7.97. The lowest BCUT2D eigenvalue weighted by Crippen LogP contribution is -2.65. The lowest BCUT2D eigenvalue weighted by atomic mass is 9.67. The van der Waals surface area contributed by atoms with Crippen molar-refractivity contribution in [2.24, 2.45) is 5.41 Å². The summed E-state index contributed by atoms with van der Waals surface area (Å²) in [6.45, 7) is 4.15. The molecule has 1 aromatic rings. The summed E-state index contributed by atoms with van der Waals surface area (Å²) < 4.78 is 5.08. The second kappa shape index (κ2) is 9.03. The highest BCUT2D eigenvalue weighted by molar-refractivity contribution is 5.89. The van der Waals surface area contributed by atoms with Gasteiger partial charge in [0.2, 0.25) is 5.91 Å². The van der Waals surface area contributed by atoms with Crippen LogP contribution in [0.3, 0.4) is 0 Å². The summed E-state index contributed by atoms with van der Waals surface area (Å²) in [5.74, 6) is -0.796. The molecule has 2 aliphatic heterocycles. The maximum Gasteiger partial charge on any atom is 0.336 e. The summed E-state index contributed by atoms with van der Waals surface area (Å²) >= 11 is 0. The van der Waals surface area contributed by atoms with E-state index in [4.69, 9.17) is 4.74 Å². The molecule has 154 valence electrons. The number of ether oxygens (including phenoxy) is 1. The Hall–Kier alpha value is -1.96. The minimum atomic E-state index is -0.906. The normalized spacial score (nSPS) is 25.9. The fourth-order valence-electron chi connectivity index (χ4n) is 4.72. The molecule has 0 bridgehead atoms. The second-order valence-electron chi connectivity index (χ2n) is 7.97. The SMILES string of the molecule is COCCNC(=O)[C@@]12CCCN(Cc3ccccc3C(=O)O)[C@H]1CN(C)CC2. The van der Waals surface area contributed by atoms with Crippen molar-refractivity contribution in [3.63, 3.8) is 0 Å². The number of carbonyl (C=O) groups excluding carboxylic acids is 1. The van der Waals surface area contributed by atoms with Crippen LogP contribution in [0.25, 0.3) is 0 Å². The quantitative estimate of drug-likeness (QED) is 0.687. The number of nitrogens with one attached hydrogen (secondary N) is 1. The standard InChI is InChI=1S/C21H31N3O4/c1-23-12-9-21(20(27)22-10-13-28-2)8-5-11-24(18(21)15-23)14-16-6-3-4-7-17(16)19(25)26/h3-4,6-7,18H,5,8-15H2,1-2H3,(H,22,27)(H,25,26)/t18-,21+/m0/s1. The van der Waals surface area contributed by atoms with Gasteiger partial charge in [-0.2, -0.15) is 0 Å². The third-order valence-electron chi connectivity index (χ3n) is 6.24. The lowest BCUT2D eigenvalue weighted by Gasteiger charge is -2.53. The summed E-state index contributed by atoms with van der Waals surface area (Å²) in [6.07, 6.45) is 2.64. The van der Waals surface area contributed by atoms with Crippen LogP contribution >= 0.6 is 0 Å². The number of amides is 1. The van der Waals surface area contributed by atoms with Crippen LogP contribution < -0.4 is 5.32 Å². The summed E-state index contributed by atoms with van der Waals surface area (Å²) in [6, 6.07) is 7.24. The average Bonchev–Trinajstić information content (AvgIpc) is 2.69. The minimum Gasteiger partial charge on any atom is -0.478 e. The van der Waals surface area contributed by atoms with Crippen molar-refractivity contribution in [2.45, 2.75) is 31.8 Å². The van der Waals surface area contributed by atoms with E-state index in [9.17, 15) is 14.7 Å². The van der Waals surface area contributed by atoms with Gasteiger partial charge in [0.15, 0.2) is 0 Å². The zero-order valence-electron chi connectivity index (χ0n) is 16.8. The molecular formula is C21H31N3O4. The first-order valence-corrected chi connectivity index (χ1v) is 9.99. The highest BCUT2D eigenvalue weighted by Gasteiger charge is 2.52. The molecule has 2 saturated heterocycles. The predicted molar refractivity (Wildman–Crippen MR) is 106 cm³/mol. The molecule has 7 nitrogen and oxygen atoms in total. The molecule has 2 N–H and O–H groups in total. The molecule has 0 aromatic heterocycles. The van der Waals surface area contributed by atoms with Gasteiger partial charge in [0, 0.05) is 32.8 Å². The number of rotatable bonds is 7. The van der Waals surface area contributed by atoms with Crippen molar-refractivity contribution in [2.75, 3.05) is 46.9 Å². The van der Waals surface area contributed by atoms with Crippen LogP contribution in [0, 0.1) is 5.41 Å². The monoisotopic (exact) mass is 389 g/mol. The van der Waals surface area contributed by atoms with Gasteiger partial charge in [0.25, 0.3) is 0 Å². The highest BCUT2D eigenvalue weighted by Crippen LogP contribution is 2.43. The number of nitrogens with zero attached hydrogens (tertiary/aromatic N) is 2. The Kier molecular flexibility index (Phi) is 6.69. The van der Waals surface area contributed by atoms with Crippen LogP contribution in [0.4, 0.5) is 0 Å². The number of carbonyl (C=O) groups is 2. The first-order valence-electron chi connectivity index (χ1n) is 9.99. The minimum absolute atomic E-state index is 0.0735. The van der Waals surface area contributed by atoms with Gasteiger partial charge in [-0.3, -0.25) is 9.69 Å².